The monoisotopic (exact) mass is 108 g/mol. The lowest BCUT2D eigenvalue weighted by atomic mass is 9.75. The van der Waals surface area contributed by atoms with Crippen LogP contribution in [-0.4, -0.2) is 0 Å². The first kappa shape index (κ1) is 4.60. The van der Waals surface area contributed by atoms with Gasteiger partial charge in [0.25, 0.3) is 0 Å². The molecule has 1 saturated carbocycles. The third-order valence-corrected chi connectivity index (χ3v) is 2.60. The molecule has 0 aromatic heterocycles. The topological polar surface area (TPSA) is 0 Å². The van der Waals surface area contributed by atoms with Gasteiger partial charge in [-0.15, -0.1) is 0 Å². The van der Waals surface area contributed by atoms with Gasteiger partial charge in [-0.2, -0.15) is 0 Å². The van der Waals surface area contributed by atoms with Crippen molar-refractivity contribution in [2.24, 2.45) is 5.41 Å². The van der Waals surface area contributed by atoms with Crippen molar-refractivity contribution >= 4 is 0 Å². The maximum atomic E-state index is 2.42. The molecule has 0 heterocycles. The van der Waals surface area contributed by atoms with Crippen molar-refractivity contribution in [2.75, 3.05) is 0 Å². The van der Waals surface area contributed by atoms with Gasteiger partial charge in [0.05, 0.1) is 0 Å². The summed E-state index contributed by atoms with van der Waals surface area (Å²) in [4.78, 5) is 0. The van der Waals surface area contributed by atoms with Gasteiger partial charge in [-0.25, -0.2) is 0 Å². The normalized spacial score (nSPS) is 31.0. The van der Waals surface area contributed by atoms with Crippen molar-refractivity contribution in [2.45, 2.75) is 32.1 Å². The predicted molar refractivity (Wildman–Crippen MR) is 34.7 cm³/mol. The van der Waals surface area contributed by atoms with Gasteiger partial charge in [0, 0.05) is 0 Å². The van der Waals surface area contributed by atoms with Crippen LogP contribution in [0.2, 0.25) is 0 Å². The van der Waals surface area contributed by atoms with E-state index in [4.69, 9.17) is 0 Å². The van der Waals surface area contributed by atoms with Gasteiger partial charge in [-0.05, 0) is 24.7 Å². The van der Waals surface area contributed by atoms with E-state index in [1.165, 1.54) is 32.1 Å². The van der Waals surface area contributed by atoms with E-state index in [2.05, 4.69) is 12.2 Å². The zero-order valence-corrected chi connectivity index (χ0v) is 5.19. The molecule has 0 amide bonds. The minimum Gasteiger partial charge on any atom is -0.0871 e. The number of hydrogen-bond acceptors (Lipinski definition) is 0. The van der Waals surface area contributed by atoms with E-state index in [1.54, 1.807) is 0 Å². The van der Waals surface area contributed by atoms with E-state index in [1.807, 2.05) is 0 Å². The Morgan fingerprint density at radius 1 is 1.12 bits per heavy atom. The molecule has 8 heavy (non-hydrogen) atoms. The van der Waals surface area contributed by atoms with Gasteiger partial charge in [0.15, 0.2) is 0 Å². The second kappa shape index (κ2) is 1.37. The fourth-order valence-electron chi connectivity index (χ4n) is 1.90. The third kappa shape index (κ3) is 0.460. The Kier molecular flexibility index (Phi) is 0.787. The number of allylic oxidation sites excluding steroid dienone is 2. The summed E-state index contributed by atoms with van der Waals surface area (Å²) in [6.07, 6.45) is 12.0. The summed E-state index contributed by atoms with van der Waals surface area (Å²) >= 11 is 0. The maximum Gasteiger partial charge on any atom is -0.00838 e. The Labute approximate surface area is 50.6 Å². The first-order valence-corrected chi connectivity index (χ1v) is 3.59. The molecular formula is C8H12. The lowest BCUT2D eigenvalue weighted by Crippen LogP contribution is -2.17. The smallest absolute Gasteiger partial charge is 0.00838 e. The van der Waals surface area contributed by atoms with Crippen LogP contribution in [0.3, 0.4) is 0 Å². The van der Waals surface area contributed by atoms with Crippen LogP contribution in [-0.2, 0) is 0 Å². The van der Waals surface area contributed by atoms with Crippen LogP contribution in [0.4, 0.5) is 0 Å². The molecule has 0 nitrogen and oxygen atoms in total. The zero-order chi connectivity index (χ0) is 5.45. The molecule has 0 aromatic rings. The van der Waals surface area contributed by atoms with Crippen molar-refractivity contribution in [1.82, 2.24) is 0 Å². The average Bonchev–Trinajstić information content (AvgIpc) is 2.07. The van der Waals surface area contributed by atoms with Crippen LogP contribution in [0.5, 0.6) is 0 Å². The van der Waals surface area contributed by atoms with Crippen molar-refractivity contribution in [1.29, 1.82) is 0 Å². The Morgan fingerprint density at radius 2 is 1.75 bits per heavy atom. The summed E-state index contributed by atoms with van der Waals surface area (Å²) in [5, 5.41) is 0. The molecule has 2 aliphatic rings. The molecule has 0 saturated heterocycles. The fraction of sp³-hybridized carbons (Fsp3) is 0.750. The van der Waals surface area contributed by atoms with Crippen LogP contribution < -0.4 is 0 Å². The van der Waals surface area contributed by atoms with Crippen molar-refractivity contribution < 1.29 is 0 Å². The molecule has 0 atom stereocenters. The van der Waals surface area contributed by atoms with Crippen LogP contribution >= 0.6 is 0 Å². The highest BCUT2D eigenvalue weighted by Crippen LogP contribution is 2.47. The third-order valence-electron chi connectivity index (χ3n) is 2.60. The second-order valence-electron chi connectivity index (χ2n) is 3.18. The molecule has 0 aromatic carbocycles. The predicted octanol–water partition coefficient (Wildman–Crippen LogP) is 2.51. The van der Waals surface area contributed by atoms with Crippen molar-refractivity contribution in [3.8, 4) is 0 Å². The molecular weight excluding hydrogens is 96.1 g/mol. The van der Waals surface area contributed by atoms with E-state index in [-0.39, 0.29) is 0 Å². The lowest BCUT2D eigenvalue weighted by Gasteiger charge is -2.30. The van der Waals surface area contributed by atoms with E-state index < -0.39 is 0 Å². The molecule has 2 aliphatic carbocycles. The van der Waals surface area contributed by atoms with Crippen LogP contribution in [0.25, 0.3) is 0 Å². The van der Waals surface area contributed by atoms with Gasteiger partial charge in [0.1, 0.15) is 0 Å². The second-order valence-corrected chi connectivity index (χ2v) is 3.18. The quantitative estimate of drug-likeness (QED) is 0.418. The van der Waals surface area contributed by atoms with Gasteiger partial charge in [-0.1, -0.05) is 25.0 Å². The van der Waals surface area contributed by atoms with Crippen LogP contribution in [0.15, 0.2) is 12.2 Å². The summed E-state index contributed by atoms with van der Waals surface area (Å²) in [6.45, 7) is 0. The van der Waals surface area contributed by atoms with Gasteiger partial charge in [0.2, 0.25) is 0 Å². The molecule has 2 rings (SSSR count). The minimum absolute atomic E-state index is 0.736. The maximum absolute atomic E-state index is 2.42. The molecule has 1 spiro atoms. The van der Waals surface area contributed by atoms with E-state index in [0.29, 0.717) is 0 Å². The van der Waals surface area contributed by atoms with Gasteiger partial charge in [-0.3, -0.25) is 0 Å². The Morgan fingerprint density at radius 3 is 2.00 bits per heavy atom. The number of rotatable bonds is 0. The molecule has 0 aliphatic heterocycles. The average molecular weight is 108 g/mol. The van der Waals surface area contributed by atoms with E-state index >= 15 is 0 Å². The lowest BCUT2D eigenvalue weighted by molar-refractivity contribution is 0.363. The largest absolute Gasteiger partial charge is 0.0871 e. The summed E-state index contributed by atoms with van der Waals surface area (Å²) in [7, 11) is 0. The summed E-state index contributed by atoms with van der Waals surface area (Å²) in [5.41, 5.74) is 0.736. The zero-order valence-electron chi connectivity index (χ0n) is 5.19. The Bertz CT molecular complexity index is 116. The summed E-state index contributed by atoms with van der Waals surface area (Å²) in [6, 6.07) is 0. The first-order valence-electron chi connectivity index (χ1n) is 3.59. The standard InChI is InChI=1S/C8H12/c1-2-5-8(4-1)6-3-7-8/h3,6H,1-2,4-5,7H2. The fourth-order valence-corrected chi connectivity index (χ4v) is 1.90. The minimum atomic E-state index is 0.736. The molecule has 1 fully saturated rings. The highest BCUT2D eigenvalue weighted by molar-refractivity contribution is 5.14. The Hall–Kier alpha value is -0.260. The summed E-state index contributed by atoms with van der Waals surface area (Å²) < 4.78 is 0. The highest BCUT2D eigenvalue weighted by atomic mass is 14.4. The van der Waals surface area contributed by atoms with Crippen LogP contribution in [0.1, 0.15) is 32.1 Å². The SMILES string of the molecule is C1=CC2(C1)CCCC2. The van der Waals surface area contributed by atoms with Gasteiger partial charge < -0.3 is 0 Å². The van der Waals surface area contributed by atoms with E-state index in [9.17, 15) is 0 Å². The van der Waals surface area contributed by atoms with Gasteiger partial charge >= 0.3 is 0 Å². The highest BCUT2D eigenvalue weighted by Gasteiger charge is 2.33. The first-order chi connectivity index (χ1) is 3.91. The molecule has 0 unspecified atom stereocenters. The Balaban J connectivity index is 2.14. The molecule has 0 N–H and O–H groups in total. The summed E-state index contributed by atoms with van der Waals surface area (Å²) in [5.74, 6) is 0. The molecule has 0 radical (unpaired) electrons. The number of hydrogen-bond donors (Lipinski definition) is 0. The molecule has 0 heteroatoms. The van der Waals surface area contributed by atoms with Crippen molar-refractivity contribution in [3.05, 3.63) is 12.2 Å². The molecule has 0 bridgehead atoms. The van der Waals surface area contributed by atoms with Crippen molar-refractivity contribution in [3.63, 3.8) is 0 Å². The molecule has 44 valence electrons. The van der Waals surface area contributed by atoms with E-state index in [0.717, 1.165) is 5.41 Å². The van der Waals surface area contributed by atoms with Crippen LogP contribution in [0, 0.1) is 5.41 Å².